The fourth-order valence-corrected chi connectivity index (χ4v) is 2.02. The smallest absolute Gasteiger partial charge is 0.347 e. The molecule has 1 aliphatic heterocycles. The molecule has 0 amide bonds. The van der Waals surface area contributed by atoms with Crippen molar-refractivity contribution in [2.75, 3.05) is 6.61 Å². The van der Waals surface area contributed by atoms with Crippen LogP contribution < -0.4 is 11.2 Å². The summed E-state index contributed by atoms with van der Waals surface area (Å²) < 4.78 is 20.3. The van der Waals surface area contributed by atoms with Gasteiger partial charge in [-0.15, -0.1) is 0 Å². The predicted octanol–water partition coefficient (Wildman–Crippen LogP) is -1.91. The third kappa shape index (κ3) is 2.23. The summed E-state index contributed by atoms with van der Waals surface area (Å²) in [4.78, 5) is 24.4. The Labute approximate surface area is 115 Å². The van der Waals surface area contributed by atoms with Crippen molar-refractivity contribution in [3.05, 3.63) is 27.0 Å². The summed E-state index contributed by atoms with van der Waals surface area (Å²) >= 11 is 5.15. The third-order valence-corrected chi connectivity index (χ3v) is 2.92. The molecule has 2 heterocycles. The Hall–Kier alpha value is -1.73. The van der Waals surface area contributed by atoms with Gasteiger partial charge in [0.1, 0.15) is 18.4 Å². The SMILES string of the molecule is O=c1cnn(C2OC(CO)[C@H](O)C2(F)C#CCl)c(=O)[nH]1. The molecule has 20 heavy (non-hydrogen) atoms. The number of rotatable bonds is 2. The number of nitrogens with one attached hydrogen (secondary N) is 1. The molecule has 0 aliphatic carbocycles. The van der Waals surface area contributed by atoms with Gasteiger partial charge in [0.2, 0.25) is 11.9 Å². The van der Waals surface area contributed by atoms with Crippen LogP contribution in [0.4, 0.5) is 4.39 Å². The first-order chi connectivity index (χ1) is 9.43. The zero-order chi connectivity index (χ0) is 14.9. The van der Waals surface area contributed by atoms with Crippen LogP contribution in [0, 0.1) is 11.3 Å². The van der Waals surface area contributed by atoms with Crippen LogP contribution >= 0.6 is 11.6 Å². The van der Waals surface area contributed by atoms with Crippen LogP contribution in [0.5, 0.6) is 0 Å². The van der Waals surface area contributed by atoms with Crippen LogP contribution in [0.1, 0.15) is 6.23 Å². The molecule has 0 aromatic carbocycles. The topological polar surface area (TPSA) is 117 Å². The van der Waals surface area contributed by atoms with Crippen molar-refractivity contribution in [3.8, 4) is 11.3 Å². The number of hydrogen-bond donors (Lipinski definition) is 3. The lowest BCUT2D eigenvalue weighted by atomic mass is 9.97. The third-order valence-electron chi connectivity index (χ3n) is 2.82. The van der Waals surface area contributed by atoms with E-state index in [1.54, 1.807) is 5.38 Å². The molecule has 10 heteroatoms. The monoisotopic (exact) mass is 305 g/mol. The van der Waals surface area contributed by atoms with Gasteiger partial charge in [-0.3, -0.25) is 9.78 Å². The normalized spacial score (nSPS) is 32.7. The number of aromatic amines is 1. The average Bonchev–Trinajstić information content (AvgIpc) is 2.63. The van der Waals surface area contributed by atoms with Gasteiger partial charge in [0.05, 0.1) is 6.61 Å². The molecular formula is C10H9ClFN3O5. The Morgan fingerprint density at radius 2 is 2.35 bits per heavy atom. The minimum atomic E-state index is -2.76. The van der Waals surface area contributed by atoms with E-state index in [2.05, 4.69) is 5.10 Å². The molecule has 4 atom stereocenters. The number of hydrogen-bond acceptors (Lipinski definition) is 6. The van der Waals surface area contributed by atoms with E-state index in [0.29, 0.717) is 4.68 Å². The quantitative estimate of drug-likeness (QED) is 0.549. The Morgan fingerprint density at radius 3 is 2.90 bits per heavy atom. The number of H-pyrrole nitrogens is 1. The maximum absolute atomic E-state index is 14.7. The number of aliphatic hydroxyl groups excluding tert-OH is 2. The van der Waals surface area contributed by atoms with E-state index in [0.717, 1.165) is 6.20 Å². The van der Waals surface area contributed by atoms with Crippen LogP contribution in [0.15, 0.2) is 15.8 Å². The summed E-state index contributed by atoms with van der Waals surface area (Å²) in [6.07, 6.45) is -4.18. The van der Waals surface area contributed by atoms with E-state index in [1.165, 1.54) is 0 Å². The first kappa shape index (κ1) is 14.7. The molecule has 1 aromatic heterocycles. The van der Waals surface area contributed by atoms with Gasteiger partial charge in [-0.05, 0) is 17.5 Å². The number of ether oxygens (including phenoxy) is 1. The molecule has 3 N–H and O–H groups in total. The van der Waals surface area contributed by atoms with Crippen LogP contribution in [0.2, 0.25) is 0 Å². The van der Waals surface area contributed by atoms with Crippen molar-refractivity contribution in [2.45, 2.75) is 24.1 Å². The highest BCUT2D eigenvalue weighted by atomic mass is 35.5. The second-order valence-electron chi connectivity index (χ2n) is 4.03. The van der Waals surface area contributed by atoms with Gasteiger partial charge in [-0.25, -0.2) is 9.18 Å². The Balaban J connectivity index is 2.55. The van der Waals surface area contributed by atoms with Crippen LogP contribution in [-0.2, 0) is 4.74 Å². The Bertz CT molecular complexity index is 680. The molecule has 0 radical (unpaired) electrons. The molecule has 1 aliphatic rings. The van der Waals surface area contributed by atoms with E-state index in [1.807, 2.05) is 10.9 Å². The van der Waals surface area contributed by atoms with Crippen LogP contribution in [-0.4, -0.2) is 49.5 Å². The highest BCUT2D eigenvalue weighted by molar-refractivity contribution is 6.30. The molecule has 8 nitrogen and oxygen atoms in total. The lowest BCUT2D eigenvalue weighted by molar-refractivity contribution is -0.0611. The predicted molar refractivity (Wildman–Crippen MR) is 63.6 cm³/mol. The number of nitrogens with zero attached hydrogens (tertiary/aromatic N) is 2. The van der Waals surface area contributed by atoms with Crippen molar-refractivity contribution in [2.24, 2.45) is 0 Å². The van der Waals surface area contributed by atoms with Gasteiger partial charge in [0.25, 0.3) is 5.56 Å². The van der Waals surface area contributed by atoms with Crippen LogP contribution in [0.25, 0.3) is 0 Å². The largest absolute Gasteiger partial charge is 0.394 e. The zero-order valence-electron chi connectivity index (χ0n) is 9.79. The molecular weight excluding hydrogens is 297 g/mol. The van der Waals surface area contributed by atoms with E-state index in [4.69, 9.17) is 21.4 Å². The second-order valence-corrected chi connectivity index (χ2v) is 4.21. The molecule has 0 spiro atoms. The molecule has 1 aromatic rings. The summed E-state index contributed by atoms with van der Waals surface area (Å²) in [7, 11) is 0. The standard InChI is InChI=1S/C10H9ClFN3O5/c11-2-1-10(12)7(18)5(4-16)20-8(10)15-9(19)14-6(17)3-13-15/h3,5,7-8,16,18H,4H2,(H,14,17,19)/t5?,7-,8?,10?/m0/s1. The van der Waals surface area contributed by atoms with E-state index >= 15 is 0 Å². The van der Waals surface area contributed by atoms with Gasteiger partial charge < -0.3 is 14.9 Å². The van der Waals surface area contributed by atoms with Gasteiger partial charge in [-0.2, -0.15) is 9.78 Å². The summed E-state index contributed by atoms with van der Waals surface area (Å²) in [6, 6.07) is 0. The van der Waals surface area contributed by atoms with Crippen molar-refractivity contribution < 1.29 is 19.3 Å². The van der Waals surface area contributed by atoms with E-state index in [9.17, 15) is 19.1 Å². The number of aromatic nitrogens is 3. The van der Waals surface area contributed by atoms with Gasteiger partial charge in [0, 0.05) is 5.38 Å². The number of alkyl halides is 1. The molecule has 2 rings (SSSR count). The van der Waals surface area contributed by atoms with Crippen LogP contribution in [0.3, 0.4) is 0 Å². The summed E-state index contributed by atoms with van der Waals surface area (Å²) in [5.41, 5.74) is -4.59. The van der Waals surface area contributed by atoms with Crippen molar-refractivity contribution >= 4 is 11.6 Å². The maximum Gasteiger partial charge on any atom is 0.347 e. The van der Waals surface area contributed by atoms with Crippen molar-refractivity contribution in [1.82, 2.24) is 14.8 Å². The number of halogens is 2. The summed E-state index contributed by atoms with van der Waals surface area (Å²) in [5.74, 6) is 1.90. The van der Waals surface area contributed by atoms with E-state index in [-0.39, 0.29) is 0 Å². The highest BCUT2D eigenvalue weighted by Gasteiger charge is 2.58. The molecule has 1 fully saturated rings. The molecule has 0 bridgehead atoms. The fraction of sp³-hybridized carbons (Fsp3) is 0.500. The lowest BCUT2D eigenvalue weighted by Crippen LogP contribution is -2.46. The fourth-order valence-electron chi connectivity index (χ4n) is 1.87. The minimum Gasteiger partial charge on any atom is -0.394 e. The van der Waals surface area contributed by atoms with Crippen molar-refractivity contribution in [3.63, 3.8) is 0 Å². The molecule has 1 saturated heterocycles. The Kier molecular flexibility index (Phi) is 3.92. The van der Waals surface area contributed by atoms with Gasteiger partial charge in [-0.1, -0.05) is 0 Å². The first-order valence-electron chi connectivity index (χ1n) is 5.38. The van der Waals surface area contributed by atoms with Gasteiger partial charge in [0.15, 0.2) is 0 Å². The Morgan fingerprint density at radius 1 is 1.65 bits per heavy atom. The average molecular weight is 306 g/mol. The van der Waals surface area contributed by atoms with Crippen molar-refractivity contribution in [1.29, 1.82) is 0 Å². The second kappa shape index (κ2) is 5.34. The first-order valence-corrected chi connectivity index (χ1v) is 5.76. The van der Waals surface area contributed by atoms with Gasteiger partial charge >= 0.3 is 5.69 Å². The molecule has 3 unspecified atom stereocenters. The summed E-state index contributed by atoms with van der Waals surface area (Å²) in [5, 5.41) is 24.0. The molecule has 0 saturated carbocycles. The highest BCUT2D eigenvalue weighted by Crippen LogP contribution is 2.40. The number of aliphatic hydroxyl groups is 2. The maximum atomic E-state index is 14.7. The molecule has 108 valence electrons. The van der Waals surface area contributed by atoms with E-state index < -0.39 is 42.0 Å². The lowest BCUT2D eigenvalue weighted by Gasteiger charge is -2.22. The zero-order valence-corrected chi connectivity index (χ0v) is 10.5. The summed E-state index contributed by atoms with van der Waals surface area (Å²) in [6.45, 7) is -0.703. The minimum absolute atomic E-state index is 0.474.